The summed E-state index contributed by atoms with van der Waals surface area (Å²) in [6, 6.07) is 7.61. The zero-order valence-electron chi connectivity index (χ0n) is 16.7. The third-order valence-corrected chi connectivity index (χ3v) is 5.55. The number of ether oxygens (including phenoxy) is 2. The fraction of sp³-hybridized carbons (Fsp3) is 0.227. The van der Waals surface area contributed by atoms with E-state index in [0.717, 1.165) is 6.42 Å². The number of hydrogen-bond donors (Lipinski definition) is 2. The molecule has 8 nitrogen and oxygen atoms in total. The predicted octanol–water partition coefficient (Wildman–Crippen LogP) is 4.47. The highest BCUT2D eigenvalue weighted by atomic mass is 35.5. The summed E-state index contributed by atoms with van der Waals surface area (Å²) in [5.41, 5.74) is 1.46. The van der Waals surface area contributed by atoms with Gasteiger partial charge in [-0.05, 0) is 30.3 Å². The van der Waals surface area contributed by atoms with Gasteiger partial charge in [0.15, 0.2) is 5.88 Å². The van der Waals surface area contributed by atoms with Crippen molar-refractivity contribution in [3.8, 4) is 5.75 Å². The monoisotopic (exact) mass is 456 g/mol. The number of aliphatic hydroxyl groups is 1. The number of nitrogens with one attached hydrogen (secondary N) is 1. The number of aromatic nitrogens is 2. The summed E-state index contributed by atoms with van der Waals surface area (Å²) in [4.78, 5) is 22.3. The Morgan fingerprint density at radius 1 is 1.28 bits per heavy atom. The van der Waals surface area contributed by atoms with E-state index in [4.69, 9.17) is 21.1 Å². The van der Waals surface area contributed by atoms with Crippen LogP contribution in [0.4, 0.5) is 21.6 Å². The molecule has 32 heavy (non-hydrogen) atoms. The number of rotatable bonds is 5. The maximum absolute atomic E-state index is 13.5. The lowest BCUT2D eigenvalue weighted by Gasteiger charge is -2.23. The summed E-state index contributed by atoms with van der Waals surface area (Å²) in [5, 5.41) is 14.0. The molecule has 0 aliphatic carbocycles. The number of carbonyl (C=O) groups excluding carboxylic acids is 1. The van der Waals surface area contributed by atoms with Crippen LogP contribution in [0.2, 0.25) is 5.02 Å². The zero-order valence-corrected chi connectivity index (χ0v) is 17.5. The van der Waals surface area contributed by atoms with Crippen LogP contribution in [0.15, 0.2) is 48.6 Å². The van der Waals surface area contributed by atoms with E-state index in [-0.39, 0.29) is 29.3 Å². The molecule has 1 saturated heterocycles. The Morgan fingerprint density at radius 2 is 2.16 bits per heavy atom. The molecule has 3 aromatic rings. The van der Waals surface area contributed by atoms with Crippen LogP contribution >= 0.6 is 11.6 Å². The van der Waals surface area contributed by atoms with Crippen LogP contribution in [0.5, 0.6) is 5.75 Å². The van der Waals surface area contributed by atoms with E-state index in [0.29, 0.717) is 47.1 Å². The first-order valence-electron chi connectivity index (χ1n) is 9.97. The molecule has 0 bridgehead atoms. The third kappa shape index (κ3) is 3.80. The topological polar surface area (TPSA) is 96.8 Å². The standard InChI is InChI=1S/C22H18ClFN4O4/c23-15-7-12(1-2-16(15)24)27-22-14-8-18(28-20(29)3-4-21(28)30)19(9-17(14)25-11-26-22)32-13-5-6-31-10-13/h1-3,7-9,11,13,29H,4-6,10H2,(H,25,26,27)/t13-/m0/s1. The zero-order chi connectivity index (χ0) is 22.2. The minimum atomic E-state index is -0.528. The molecule has 1 amide bonds. The van der Waals surface area contributed by atoms with Gasteiger partial charge in [-0.1, -0.05) is 11.6 Å². The van der Waals surface area contributed by atoms with Gasteiger partial charge in [-0.15, -0.1) is 0 Å². The minimum Gasteiger partial charge on any atom is -0.494 e. The second-order valence-corrected chi connectivity index (χ2v) is 7.82. The van der Waals surface area contributed by atoms with Gasteiger partial charge in [0.1, 0.15) is 29.8 Å². The molecule has 0 saturated carbocycles. The van der Waals surface area contributed by atoms with Gasteiger partial charge >= 0.3 is 0 Å². The smallest absolute Gasteiger partial charge is 0.238 e. The number of anilines is 3. The molecule has 2 N–H and O–H groups in total. The molecule has 3 heterocycles. The number of halogens is 2. The number of benzene rings is 2. The van der Waals surface area contributed by atoms with Gasteiger partial charge < -0.3 is 19.9 Å². The van der Waals surface area contributed by atoms with E-state index in [9.17, 15) is 14.3 Å². The van der Waals surface area contributed by atoms with Crippen molar-refractivity contribution < 1.29 is 23.8 Å². The Morgan fingerprint density at radius 3 is 2.88 bits per heavy atom. The lowest BCUT2D eigenvalue weighted by atomic mass is 10.1. The highest BCUT2D eigenvalue weighted by Crippen LogP contribution is 2.39. The number of carbonyl (C=O) groups is 1. The summed E-state index contributed by atoms with van der Waals surface area (Å²) in [5.74, 6) is -0.161. The molecular formula is C22H18ClFN4O4. The lowest BCUT2D eigenvalue weighted by molar-refractivity contribution is -0.117. The van der Waals surface area contributed by atoms with Crippen LogP contribution in [-0.2, 0) is 9.53 Å². The molecule has 1 aromatic heterocycles. The molecule has 2 aromatic carbocycles. The predicted molar refractivity (Wildman–Crippen MR) is 117 cm³/mol. The van der Waals surface area contributed by atoms with Gasteiger partial charge in [-0.2, -0.15) is 0 Å². The van der Waals surface area contributed by atoms with Crippen LogP contribution in [0, 0.1) is 5.82 Å². The van der Waals surface area contributed by atoms with E-state index < -0.39 is 5.82 Å². The number of aliphatic hydroxyl groups excluding tert-OH is 1. The SMILES string of the molecule is O=C1CC=C(O)N1c1cc2c(Nc3ccc(F)c(Cl)c3)ncnc2cc1O[C@H]1CCOC1. The van der Waals surface area contributed by atoms with Crippen LogP contribution in [0.1, 0.15) is 12.8 Å². The Bertz CT molecular complexity index is 1250. The first-order chi connectivity index (χ1) is 15.5. The van der Waals surface area contributed by atoms with Gasteiger partial charge in [-0.3, -0.25) is 4.79 Å². The summed E-state index contributed by atoms with van der Waals surface area (Å²) in [6.07, 6.45) is 3.46. The van der Waals surface area contributed by atoms with E-state index in [1.165, 1.54) is 35.5 Å². The van der Waals surface area contributed by atoms with Crippen LogP contribution in [0.25, 0.3) is 10.9 Å². The first kappa shape index (κ1) is 20.5. The molecule has 0 unspecified atom stereocenters. The Labute approximate surface area is 187 Å². The molecule has 2 aliphatic heterocycles. The number of nitrogens with zero attached hydrogens (tertiary/aromatic N) is 3. The maximum Gasteiger partial charge on any atom is 0.238 e. The van der Waals surface area contributed by atoms with Crippen molar-refractivity contribution in [2.45, 2.75) is 18.9 Å². The van der Waals surface area contributed by atoms with Crippen LogP contribution in [-0.4, -0.2) is 40.3 Å². The number of hydrogen-bond acceptors (Lipinski definition) is 7. The fourth-order valence-electron chi connectivity index (χ4n) is 3.68. The van der Waals surface area contributed by atoms with E-state index in [1.54, 1.807) is 12.1 Å². The van der Waals surface area contributed by atoms with Gasteiger partial charge in [0.25, 0.3) is 0 Å². The van der Waals surface area contributed by atoms with Gasteiger partial charge in [0.2, 0.25) is 5.91 Å². The summed E-state index contributed by atoms with van der Waals surface area (Å²) in [6.45, 7) is 1.03. The van der Waals surface area contributed by atoms with Crippen LogP contribution < -0.4 is 15.0 Å². The summed E-state index contributed by atoms with van der Waals surface area (Å²) >= 11 is 5.89. The molecule has 1 fully saturated rings. The molecule has 0 radical (unpaired) electrons. The molecule has 0 spiro atoms. The third-order valence-electron chi connectivity index (χ3n) is 5.26. The highest BCUT2D eigenvalue weighted by Gasteiger charge is 2.30. The largest absolute Gasteiger partial charge is 0.494 e. The van der Waals surface area contributed by atoms with Gasteiger partial charge in [0, 0.05) is 23.6 Å². The normalized spacial score (nSPS) is 18.3. The van der Waals surface area contributed by atoms with Crippen molar-refractivity contribution >= 4 is 45.6 Å². The fourth-order valence-corrected chi connectivity index (χ4v) is 3.86. The average Bonchev–Trinajstić information content (AvgIpc) is 3.40. The molecule has 5 rings (SSSR count). The second-order valence-electron chi connectivity index (χ2n) is 7.41. The maximum atomic E-state index is 13.5. The lowest BCUT2D eigenvalue weighted by Crippen LogP contribution is -2.26. The quantitative estimate of drug-likeness (QED) is 0.584. The Kier molecular flexibility index (Phi) is 5.28. The van der Waals surface area contributed by atoms with Gasteiger partial charge in [-0.25, -0.2) is 19.3 Å². The number of fused-ring (bicyclic) bond motifs is 1. The van der Waals surface area contributed by atoms with Gasteiger partial charge in [0.05, 0.1) is 35.9 Å². The molecule has 10 heteroatoms. The molecule has 2 aliphatic rings. The van der Waals surface area contributed by atoms with Crippen molar-refractivity contribution in [1.82, 2.24) is 9.97 Å². The highest BCUT2D eigenvalue weighted by molar-refractivity contribution is 6.31. The van der Waals surface area contributed by atoms with E-state index >= 15 is 0 Å². The Hall–Kier alpha value is -3.43. The summed E-state index contributed by atoms with van der Waals surface area (Å²) in [7, 11) is 0. The average molecular weight is 457 g/mol. The summed E-state index contributed by atoms with van der Waals surface area (Å²) < 4.78 is 25.0. The van der Waals surface area contributed by atoms with Crippen molar-refractivity contribution in [1.29, 1.82) is 0 Å². The molecular weight excluding hydrogens is 439 g/mol. The number of amides is 1. The van der Waals surface area contributed by atoms with Crippen molar-refractivity contribution in [2.75, 3.05) is 23.4 Å². The second kappa shape index (κ2) is 8.25. The first-order valence-corrected chi connectivity index (χ1v) is 10.3. The van der Waals surface area contributed by atoms with Crippen molar-refractivity contribution in [2.24, 2.45) is 0 Å². The minimum absolute atomic E-state index is 0.0266. The van der Waals surface area contributed by atoms with Crippen molar-refractivity contribution in [3.63, 3.8) is 0 Å². The molecule has 164 valence electrons. The van der Waals surface area contributed by atoms with E-state index in [1.807, 2.05) is 0 Å². The van der Waals surface area contributed by atoms with Crippen LogP contribution in [0.3, 0.4) is 0 Å². The Balaban J connectivity index is 1.61. The molecule has 1 atom stereocenters. The van der Waals surface area contributed by atoms with Crippen molar-refractivity contribution in [3.05, 3.63) is 59.5 Å². The van der Waals surface area contributed by atoms with E-state index in [2.05, 4.69) is 15.3 Å².